The fourth-order valence-electron chi connectivity index (χ4n) is 1.31. The second-order valence-electron chi connectivity index (χ2n) is 3.21. The van der Waals surface area contributed by atoms with E-state index in [4.69, 9.17) is 0 Å². The standard InChI is InChI=1S/C11H15NO.C2H6/c1-9(11(13)12-2)8-10-6-4-3-5-7-10;1-2/h3-7,9H,8H2,1-2H3,(H,12,13);1-2H3/t9-;/m0./s1. The summed E-state index contributed by atoms with van der Waals surface area (Å²) in [6.45, 7) is 5.94. The molecule has 0 aliphatic heterocycles. The molecule has 0 spiro atoms. The third-order valence-electron chi connectivity index (χ3n) is 2.08. The molecule has 84 valence electrons. The van der Waals surface area contributed by atoms with Gasteiger partial charge in [-0.05, 0) is 12.0 Å². The van der Waals surface area contributed by atoms with E-state index in [2.05, 4.69) is 5.32 Å². The molecule has 0 unspecified atom stereocenters. The van der Waals surface area contributed by atoms with Gasteiger partial charge in [-0.1, -0.05) is 51.1 Å². The molecular formula is C13H21NO. The molecule has 0 fully saturated rings. The van der Waals surface area contributed by atoms with Crippen LogP contribution in [-0.4, -0.2) is 13.0 Å². The summed E-state index contributed by atoms with van der Waals surface area (Å²) in [5.74, 6) is 0.149. The van der Waals surface area contributed by atoms with Crippen LogP contribution in [0.5, 0.6) is 0 Å². The molecule has 1 aromatic rings. The summed E-state index contributed by atoms with van der Waals surface area (Å²) in [4.78, 5) is 11.2. The van der Waals surface area contributed by atoms with Crippen molar-refractivity contribution in [2.75, 3.05) is 7.05 Å². The van der Waals surface area contributed by atoms with Gasteiger partial charge >= 0.3 is 0 Å². The van der Waals surface area contributed by atoms with Crippen LogP contribution in [0.1, 0.15) is 26.3 Å². The molecule has 0 saturated heterocycles. The summed E-state index contributed by atoms with van der Waals surface area (Å²) in [7, 11) is 1.67. The number of amides is 1. The molecule has 0 aliphatic carbocycles. The summed E-state index contributed by atoms with van der Waals surface area (Å²) < 4.78 is 0. The number of nitrogens with one attached hydrogen (secondary N) is 1. The second-order valence-corrected chi connectivity index (χ2v) is 3.21. The van der Waals surface area contributed by atoms with E-state index in [-0.39, 0.29) is 11.8 Å². The summed E-state index contributed by atoms with van der Waals surface area (Å²) >= 11 is 0. The van der Waals surface area contributed by atoms with E-state index in [1.54, 1.807) is 7.05 Å². The zero-order chi connectivity index (χ0) is 11.7. The molecule has 1 rings (SSSR count). The normalized spacial score (nSPS) is 10.9. The van der Waals surface area contributed by atoms with E-state index in [0.29, 0.717) is 0 Å². The third-order valence-corrected chi connectivity index (χ3v) is 2.08. The smallest absolute Gasteiger partial charge is 0.222 e. The second kappa shape index (κ2) is 8.04. The first-order chi connectivity index (χ1) is 7.24. The molecule has 0 heterocycles. The minimum Gasteiger partial charge on any atom is -0.359 e. The lowest BCUT2D eigenvalue weighted by atomic mass is 10.0. The molecule has 0 radical (unpaired) electrons. The lowest BCUT2D eigenvalue weighted by molar-refractivity contribution is -0.123. The molecule has 2 heteroatoms. The monoisotopic (exact) mass is 207 g/mol. The molecule has 15 heavy (non-hydrogen) atoms. The van der Waals surface area contributed by atoms with Crippen LogP contribution in [0.3, 0.4) is 0 Å². The third kappa shape index (κ3) is 5.21. The predicted molar refractivity (Wildman–Crippen MR) is 64.7 cm³/mol. The molecule has 1 amide bonds. The Hall–Kier alpha value is -1.31. The number of carbonyl (C=O) groups excluding carboxylic acids is 1. The molecular weight excluding hydrogens is 186 g/mol. The maximum Gasteiger partial charge on any atom is 0.222 e. The summed E-state index contributed by atoms with van der Waals surface area (Å²) in [6.07, 6.45) is 0.806. The van der Waals surface area contributed by atoms with E-state index in [1.165, 1.54) is 5.56 Å². The van der Waals surface area contributed by atoms with E-state index in [0.717, 1.165) is 6.42 Å². The van der Waals surface area contributed by atoms with Crippen molar-refractivity contribution >= 4 is 5.91 Å². The molecule has 0 aromatic heterocycles. The number of carbonyl (C=O) groups is 1. The SMILES string of the molecule is CC.CNC(=O)[C@@H](C)Cc1ccccc1. The van der Waals surface area contributed by atoms with Crippen LogP contribution in [0.25, 0.3) is 0 Å². The Balaban J connectivity index is 0.000000921. The first kappa shape index (κ1) is 13.7. The highest BCUT2D eigenvalue weighted by atomic mass is 16.1. The van der Waals surface area contributed by atoms with Gasteiger partial charge in [-0.15, -0.1) is 0 Å². The van der Waals surface area contributed by atoms with Crippen molar-refractivity contribution in [1.29, 1.82) is 0 Å². The molecule has 0 bridgehead atoms. The maximum absolute atomic E-state index is 11.2. The Bertz CT molecular complexity index is 269. The zero-order valence-corrected chi connectivity index (χ0v) is 10.1. The molecule has 2 nitrogen and oxygen atoms in total. The number of rotatable bonds is 3. The Kier molecular flexibility index (Phi) is 7.33. The zero-order valence-electron chi connectivity index (χ0n) is 10.1. The van der Waals surface area contributed by atoms with Crippen LogP contribution in [0.15, 0.2) is 30.3 Å². The van der Waals surface area contributed by atoms with E-state index in [1.807, 2.05) is 51.1 Å². The minimum atomic E-state index is 0.0485. The predicted octanol–water partition coefficient (Wildman–Crippen LogP) is 2.64. The largest absolute Gasteiger partial charge is 0.359 e. The van der Waals surface area contributed by atoms with Crippen molar-refractivity contribution < 1.29 is 4.79 Å². The lowest BCUT2D eigenvalue weighted by Gasteiger charge is -2.09. The van der Waals surface area contributed by atoms with Crippen LogP contribution >= 0.6 is 0 Å². The van der Waals surface area contributed by atoms with Crippen LogP contribution in [0.2, 0.25) is 0 Å². The highest BCUT2D eigenvalue weighted by Crippen LogP contribution is 2.07. The molecule has 1 atom stereocenters. The van der Waals surface area contributed by atoms with Gasteiger partial charge < -0.3 is 5.32 Å². The molecule has 1 N–H and O–H groups in total. The summed E-state index contributed by atoms with van der Waals surface area (Å²) in [6, 6.07) is 10.0. The van der Waals surface area contributed by atoms with Crippen LogP contribution in [0.4, 0.5) is 0 Å². The van der Waals surface area contributed by atoms with Gasteiger partial charge in [0.25, 0.3) is 0 Å². The Morgan fingerprint density at radius 1 is 1.27 bits per heavy atom. The highest BCUT2D eigenvalue weighted by molar-refractivity contribution is 5.78. The Morgan fingerprint density at radius 2 is 1.80 bits per heavy atom. The average Bonchev–Trinajstić information content (AvgIpc) is 2.32. The van der Waals surface area contributed by atoms with Gasteiger partial charge in [0, 0.05) is 13.0 Å². The maximum atomic E-state index is 11.2. The summed E-state index contributed by atoms with van der Waals surface area (Å²) in [5, 5.41) is 2.65. The quantitative estimate of drug-likeness (QED) is 0.811. The molecule has 0 saturated carbocycles. The highest BCUT2D eigenvalue weighted by Gasteiger charge is 2.10. The topological polar surface area (TPSA) is 29.1 Å². The minimum absolute atomic E-state index is 0.0485. The first-order valence-electron chi connectivity index (χ1n) is 5.49. The van der Waals surface area contributed by atoms with Gasteiger partial charge in [0.15, 0.2) is 0 Å². The van der Waals surface area contributed by atoms with E-state index >= 15 is 0 Å². The van der Waals surface area contributed by atoms with Crippen molar-refractivity contribution in [2.45, 2.75) is 27.2 Å². The van der Waals surface area contributed by atoms with Gasteiger partial charge in [0.1, 0.15) is 0 Å². The van der Waals surface area contributed by atoms with Crippen molar-refractivity contribution in [3.05, 3.63) is 35.9 Å². The fraction of sp³-hybridized carbons (Fsp3) is 0.462. The molecule has 1 aromatic carbocycles. The lowest BCUT2D eigenvalue weighted by Crippen LogP contribution is -2.26. The summed E-state index contributed by atoms with van der Waals surface area (Å²) in [5.41, 5.74) is 1.21. The van der Waals surface area contributed by atoms with Crippen molar-refractivity contribution in [2.24, 2.45) is 5.92 Å². The van der Waals surface area contributed by atoms with Crippen molar-refractivity contribution in [1.82, 2.24) is 5.32 Å². The number of benzene rings is 1. The van der Waals surface area contributed by atoms with Gasteiger partial charge in [-0.2, -0.15) is 0 Å². The van der Waals surface area contributed by atoms with Gasteiger partial charge in [-0.25, -0.2) is 0 Å². The molecule has 0 aliphatic rings. The first-order valence-corrected chi connectivity index (χ1v) is 5.49. The van der Waals surface area contributed by atoms with Crippen molar-refractivity contribution in [3.8, 4) is 0 Å². The number of hydrogen-bond donors (Lipinski definition) is 1. The van der Waals surface area contributed by atoms with Gasteiger partial charge in [0.05, 0.1) is 0 Å². The van der Waals surface area contributed by atoms with Gasteiger partial charge in [-0.3, -0.25) is 4.79 Å². The van der Waals surface area contributed by atoms with E-state index < -0.39 is 0 Å². The van der Waals surface area contributed by atoms with Crippen LogP contribution < -0.4 is 5.32 Å². The number of hydrogen-bond acceptors (Lipinski definition) is 1. The van der Waals surface area contributed by atoms with Crippen molar-refractivity contribution in [3.63, 3.8) is 0 Å². The average molecular weight is 207 g/mol. The van der Waals surface area contributed by atoms with Crippen LogP contribution in [0, 0.1) is 5.92 Å². The van der Waals surface area contributed by atoms with Gasteiger partial charge in [0.2, 0.25) is 5.91 Å². The fourth-order valence-corrected chi connectivity index (χ4v) is 1.31. The Labute approximate surface area is 92.7 Å². The van der Waals surface area contributed by atoms with Crippen LogP contribution in [-0.2, 0) is 11.2 Å². The Morgan fingerprint density at radius 3 is 2.27 bits per heavy atom. The van der Waals surface area contributed by atoms with E-state index in [9.17, 15) is 4.79 Å².